The summed E-state index contributed by atoms with van der Waals surface area (Å²) in [5.74, 6) is 0.908. The highest BCUT2D eigenvalue weighted by atomic mass is 19.1. The number of fused-ring (bicyclic) bond motifs is 3. The van der Waals surface area contributed by atoms with Crippen LogP contribution in [0.1, 0.15) is 13.3 Å². The van der Waals surface area contributed by atoms with Gasteiger partial charge in [0.25, 0.3) is 0 Å². The molecule has 0 N–H and O–H groups in total. The van der Waals surface area contributed by atoms with Crippen LogP contribution < -0.4 is 9.30 Å². The summed E-state index contributed by atoms with van der Waals surface area (Å²) in [5.41, 5.74) is 1.29. The van der Waals surface area contributed by atoms with E-state index in [0.717, 1.165) is 18.7 Å². The molecule has 0 aliphatic heterocycles. The van der Waals surface area contributed by atoms with Crippen LogP contribution in [0.4, 0.5) is 4.39 Å². The van der Waals surface area contributed by atoms with E-state index in [4.69, 9.17) is 4.74 Å². The van der Waals surface area contributed by atoms with Gasteiger partial charge in [0.15, 0.2) is 6.20 Å². The number of hydrogen-bond donors (Lipinski definition) is 0. The molecular weight excluding hydrogens is 265 g/mol. The van der Waals surface area contributed by atoms with Gasteiger partial charge < -0.3 is 4.74 Å². The maximum atomic E-state index is 9.50. The van der Waals surface area contributed by atoms with Crippen molar-refractivity contribution >= 4 is 21.7 Å². The standard InChI is InChI=1S/C17H18NO.CH3F/c1-3-10-18-12-13-11-14(19-2)8-9-15(13)16-6-4-5-7-17(16)18;1-2/h4-9,11-12H,3,10H2,1-2H3;1H3/q+1;. The predicted molar refractivity (Wildman–Crippen MR) is 85.5 cm³/mol. The fraction of sp³-hybridized carbons (Fsp3) is 0.278. The summed E-state index contributed by atoms with van der Waals surface area (Å²) in [7, 11) is 2.21. The molecule has 2 aromatic carbocycles. The molecule has 2 nitrogen and oxygen atoms in total. The number of rotatable bonds is 3. The maximum absolute atomic E-state index is 9.50. The molecule has 0 aliphatic carbocycles. The number of alkyl halides is 1. The molecule has 3 heteroatoms. The number of pyridine rings is 1. The molecule has 0 aliphatic rings. The van der Waals surface area contributed by atoms with Gasteiger partial charge in [0.1, 0.15) is 12.3 Å². The minimum Gasteiger partial charge on any atom is -0.497 e. The first-order valence-electron chi connectivity index (χ1n) is 7.10. The van der Waals surface area contributed by atoms with Gasteiger partial charge in [-0.3, -0.25) is 4.39 Å². The second-order valence-corrected chi connectivity index (χ2v) is 4.79. The summed E-state index contributed by atoms with van der Waals surface area (Å²) in [4.78, 5) is 0. The van der Waals surface area contributed by atoms with Crippen molar-refractivity contribution in [2.24, 2.45) is 0 Å². The van der Waals surface area contributed by atoms with Crippen molar-refractivity contribution in [2.45, 2.75) is 19.9 Å². The molecule has 0 amide bonds. The minimum absolute atomic E-state index is 0.500. The monoisotopic (exact) mass is 286 g/mol. The van der Waals surface area contributed by atoms with E-state index in [0.29, 0.717) is 7.18 Å². The van der Waals surface area contributed by atoms with Crippen molar-refractivity contribution in [3.05, 3.63) is 48.7 Å². The van der Waals surface area contributed by atoms with Crippen molar-refractivity contribution in [1.82, 2.24) is 0 Å². The van der Waals surface area contributed by atoms with Crippen LogP contribution in [0.5, 0.6) is 5.75 Å². The van der Waals surface area contributed by atoms with Gasteiger partial charge in [0.05, 0.1) is 25.1 Å². The van der Waals surface area contributed by atoms with Crippen molar-refractivity contribution < 1.29 is 13.7 Å². The molecule has 110 valence electrons. The second-order valence-electron chi connectivity index (χ2n) is 4.79. The lowest BCUT2D eigenvalue weighted by atomic mass is 10.1. The Balaban J connectivity index is 0.000000774. The minimum atomic E-state index is 0.500. The Morgan fingerprint density at radius 1 is 1.05 bits per heavy atom. The molecule has 0 fully saturated rings. The number of methoxy groups -OCH3 is 1. The van der Waals surface area contributed by atoms with E-state index in [-0.39, 0.29) is 0 Å². The van der Waals surface area contributed by atoms with Gasteiger partial charge >= 0.3 is 0 Å². The zero-order valence-corrected chi connectivity index (χ0v) is 12.8. The first kappa shape index (κ1) is 15.2. The van der Waals surface area contributed by atoms with Crippen LogP contribution in [-0.4, -0.2) is 14.3 Å². The largest absolute Gasteiger partial charge is 0.497 e. The van der Waals surface area contributed by atoms with E-state index in [2.05, 4.69) is 54.1 Å². The lowest BCUT2D eigenvalue weighted by Crippen LogP contribution is -2.33. The van der Waals surface area contributed by atoms with Crippen LogP contribution >= 0.6 is 0 Å². The number of hydrogen-bond acceptors (Lipinski definition) is 1. The summed E-state index contributed by atoms with van der Waals surface area (Å²) >= 11 is 0. The van der Waals surface area contributed by atoms with Gasteiger partial charge in [-0.15, -0.1) is 0 Å². The molecule has 0 unspecified atom stereocenters. The third-order valence-corrected chi connectivity index (χ3v) is 3.52. The zero-order chi connectivity index (χ0) is 15.2. The van der Waals surface area contributed by atoms with E-state index >= 15 is 0 Å². The number of aromatic nitrogens is 1. The Morgan fingerprint density at radius 3 is 2.52 bits per heavy atom. The number of benzene rings is 2. The number of ether oxygens (including phenoxy) is 1. The lowest BCUT2D eigenvalue weighted by Gasteiger charge is -2.06. The van der Waals surface area contributed by atoms with E-state index in [1.54, 1.807) is 7.11 Å². The molecule has 1 aromatic heterocycles. The van der Waals surface area contributed by atoms with Gasteiger partial charge in [-0.05, 0) is 24.3 Å². The molecular formula is C18H21FNO+. The molecule has 3 aromatic rings. The smallest absolute Gasteiger partial charge is 0.213 e. The van der Waals surface area contributed by atoms with Crippen LogP contribution in [0.15, 0.2) is 48.7 Å². The lowest BCUT2D eigenvalue weighted by molar-refractivity contribution is -0.670. The Labute approximate surface area is 124 Å². The Hall–Kier alpha value is -2.16. The van der Waals surface area contributed by atoms with Gasteiger partial charge in [0.2, 0.25) is 5.52 Å². The van der Waals surface area contributed by atoms with E-state index in [1.165, 1.54) is 21.7 Å². The zero-order valence-electron chi connectivity index (χ0n) is 12.8. The average molecular weight is 286 g/mol. The molecule has 3 rings (SSSR count). The summed E-state index contributed by atoms with van der Waals surface area (Å²) in [5, 5.41) is 3.81. The Bertz CT molecular complexity index is 740. The highest BCUT2D eigenvalue weighted by Crippen LogP contribution is 2.25. The number of para-hydroxylation sites is 1. The Kier molecular flexibility index (Phi) is 5.09. The molecule has 0 atom stereocenters. The van der Waals surface area contributed by atoms with Gasteiger partial charge in [-0.25, -0.2) is 0 Å². The van der Waals surface area contributed by atoms with Gasteiger partial charge in [0, 0.05) is 17.9 Å². The third-order valence-electron chi connectivity index (χ3n) is 3.52. The highest BCUT2D eigenvalue weighted by Gasteiger charge is 2.12. The van der Waals surface area contributed by atoms with Crippen molar-refractivity contribution in [3.63, 3.8) is 0 Å². The molecule has 1 heterocycles. The van der Waals surface area contributed by atoms with E-state index in [9.17, 15) is 4.39 Å². The topological polar surface area (TPSA) is 13.1 Å². The van der Waals surface area contributed by atoms with Crippen LogP contribution in [0.2, 0.25) is 0 Å². The van der Waals surface area contributed by atoms with Crippen molar-refractivity contribution in [3.8, 4) is 5.75 Å². The van der Waals surface area contributed by atoms with Crippen LogP contribution in [0.3, 0.4) is 0 Å². The number of halogens is 1. The molecule has 0 spiro atoms. The number of nitrogens with zero attached hydrogens (tertiary/aromatic N) is 1. The van der Waals surface area contributed by atoms with Gasteiger partial charge in [-0.2, -0.15) is 4.57 Å². The summed E-state index contributed by atoms with van der Waals surface area (Å²) in [6.45, 7) is 3.24. The first-order valence-corrected chi connectivity index (χ1v) is 7.10. The molecule has 0 bridgehead atoms. The first-order chi connectivity index (χ1) is 10.3. The van der Waals surface area contributed by atoms with Crippen LogP contribution in [-0.2, 0) is 6.54 Å². The van der Waals surface area contributed by atoms with E-state index in [1.807, 2.05) is 6.07 Å². The molecule has 0 radical (unpaired) electrons. The van der Waals surface area contributed by atoms with Gasteiger partial charge in [-0.1, -0.05) is 19.1 Å². The summed E-state index contributed by atoms with van der Waals surface area (Å²) < 4.78 is 17.2. The number of aryl methyl sites for hydroxylation is 1. The highest BCUT2D eigenvalue weighted by molar-refractivity contribution is 6.04. The summed E-state index contributed by atoms with van der Waals surface area (Å²) in [6, 6.07) is 14.9. The SMILES string of the molecule is CCC[n+]1cc2cc(OC)ccc2c2ccccc21.CF. The quantitative estimate of drug-likeness (QED) is 0.517. The van der Waals surface area contributed by atoms with E-state index < -0.39 is 0 Å². The molecule has 0 saturated heterocycles. The van der Waals surface area contributed by atoms with Crippen LogP contribution in [0.25, 0.3) is 21.7 Å². The van der Waals surface area contributed by atoms with Crippen molar-refractivity contribution in [1.29, 1.82) is 0 Å². The van der Waals surface area contributed by atoms with Crippen molar-refractivity contribution in [2.75, 3.05) is 14.3 Å². The third kappa shape index (κ3) is 2.97. The Morgan fingerprint density at radius 2 is 1.81 bits per heavy atom. The van der Waals surface area contributed by atoms with Crippen LogP contribution in [0, 0.1) is 0 Å². The fourth-order valence-electron chi connectivity index (χ4n) is 2.64. The molecule has 21 heavy (non-hydrogen) atoms. The fourth-order valence-corrected chi connectivity index (χ4v) is 2.64. The summed E-state index contributed by atoms with van der Waals surface area (Å²) in [6.07, 6.45) is 3.35. The molecule has 0 saturated carbocycles. The normalized spacial score (nSPS) is 10.3. The average Bonchev–Trinajstić information content (AvgIpc) is 2.56. The predicted octanol–water partition coefficient (Wildman–Crippen LogP) is 4.28. The second kappa shape index (κ2) is 7.02. The maximum Gasteiger partial charge on any atom is 0.213 e.